The molecule has 3 fully saturated rings. The zero-order valence-corrected chi connectivity index (χ0v) is 16.0. The summed E-state index contributed by atoms with van der Waals surface area (Å²) in [6.07, 6.45) is 2.46. The Balaban J connectivity index is 1.40. The second-order valence-corrected chi connectivity index (χ2v) is 8.11. The monoisotopic (exact) mass is 381 g/mol. The van der Waals surface area contributed by atoms with E-state index in [9.17, 15) is 9.59 Å². The van der Waals surface area contributed by atoms with Crippen LogP contribution in [-0.4, -0.2) is 67.8 Å². The van der Waals surface area contributed by atoms with E-state index >= 15 is 0 Å². The van der Waals surface area contributed by atoms with Crippen molar-refractivity contribution in [3.8, 4) is 11.4 Å². The molecule has 1 N–H and O–H groups in total. The van der Waals surface area contributed by atoms with Gasteiger partial charge in [-0.25, -0.2) is 4.98 Å². The molecule has 0 unspecified atom stereocenters. The van der Waals surface area contributed by atoms with Crippen LogP contribution in [0.1, 0.15) is 37.0 Å². The standard InChI is InChI=1S/C20H23N5O3/c1-12(2)15-10-28-20-7-8-24(16(20)9-17(26)25(15)20)19(27)14-5-3-13(4-6-14)18-21-11-22-23-18/h3-6,11-12,15-16H,7-10H2,1-2H3,(H,21,22,23)/t15-,16+,20-/m0/s1. The second-order valence-electron chi connectivity index (χ2n) is 8.11. The van der Waals surface area contributed by atoms with Crippen LogP contribution in [0.4, 0.5) is 0 Å². The number of carbonyl (C=O) groups is 2. The topological polar surface area (TPSA) is 91.4 Å². The van der Waals surface area contributed by atoms with Gasteiger partial charge in [-0.05, 0) is 18.1 Å². The van der Waals surface area contributed by atoms with Crippen molar-refractivity contribution in [3.63, 3.8) is 0 Å². The normalized spacial score (nSPS) is 28.9. The van der Waals surface area contributed by atoms with Gasteiger partial charge >= 0.3 is 0 Å². The van der Waals surface area contributed by atoms with Crippen LogP contribution in [0.2, 0.25) is 0 Å². The number of nitrogens with one attached hydrogen (secondary N) is 1. The summed E-state index contributed by atoms with van der Waals surface area (Å²) in [6.45, 7) is 5.37. The highest BCUT2D eigenvalue weighted by atomic mass is 16.5. The van der Waals surface area contributed by atoms with E-state index in [-0.39, 0.29) is 23.9 Å². The summed E-state index contributed by atoms with van der Waals surface area (Å²) in [6, 6.07) is 7.18. The molecule has 0 aliphatic carbocycles. The van der Waals surface area contributed by atoms with Crippen LogP contribution in [-0.2, 0) is 9.53 Å². The Hall–Kier alpha value is -2.74. The van der Waals surface area contributed by atoms with Gasteiger partial charge in [0, 0.05) is 24.1 Å². The van der Waals surface area contributed by atoms with E-state index in [0.29, 0.717) is 43.3 Å². The summed E-state index contributed by atoms with van der Waals surface area (Å²) in [5, 5.41) is 6.66. The van der Waals surface area contributed by atoms with Gasteiger partial charge in [-0.3, -0.25) is 14.7 Å². The first-order valence-electron chi connectivity index (χ1n) is 9.74. The molecule has 1 aromatic carbocycles. The summed E-state index contributed by atoms with van der Waals surface area (Å²) in [5.74, 6) is 1.03. The van der Waals surface area contributed by atoms with E-state index in [1.54, 1.807) is 12.1 Å². The Kier molecular flexibility index (Phi) is 3.80. The highest BCUT2D eigenvalue weighted by Gasteiger charge is 2.65. The van der Waals surface area contributed by atoms with Crippen molar-refractivity contribution in [1.29, 1.82) is 0 Å². The maximum absolute atomic E-state index is 13.2. The van der Waals surface area contributed by atoms with Crippen LogP contribution in [0.25, 0.3) is 11.4 Å². The summed E-state index contributed by atoms with van der Waals surface area (Å²) in [4.78, 5) is 33.8. The molecule has 4 heterocycles. The molecular formula is C20H23N5O3. The lowest BCUT2D eigenvalue weighted by Crippen LogP contribution is -2.51. The third kappa shape index (κ3) is 2.33. The molecule has 5 rings (SSSR count). The minimum atomic E-state index is -0.637. The van der Waals surface area contributed by atoms with Gasteiger partial charge in [-0.2, -0.15) is 5.10 Å². The van der Waals surface area contributed by atoms with Crippen LogP contribution >= 0.6 is 0 Å². The van der Waals surface area contributed by atoms with E-state index < -0.39 is 5.72 Å². The lowest BCUT2D eigenvalue weighted by atomic mass is 10.0. The van der Waals surface area contributed by atoms with Crippen molar-refractivity contribution in [2.24, 2.45) is 5.92 Å². The molecule has 28 heavy (non-hydrogen) atoms. The Labute approximate surface area is 162 Å². The average molecular weight is 381 g/mol. The number of carbonyl (C=O) groups excluding carboxylic acids is 2. The van der Waals surface area contributed by atoms with Crippen LogP contribution in [0.15, 0.2) is 30.6 Å². The van der Waals surface area contributed by atoms with Crippen molar-refractivity contribution in [1.82, 2.24) is 25.0 Å². The molecule has 0 radical (unpaired) electrons. The van der Waals surface area contributed by atoms with Gasteiger partial charge in [0.15, 0.2) is 11.5 Å². The third-order valence-electron chi connectivity index (χ3n) is 6.34. The summed E-state index contributed by atoms with van der Waals surface area (Å²) in [7, 11) is 0. The largest absolute Gasteiger partial charge is 0.351 e. The first-order chi connectivity index (χ1) is 13.5. The highest BCUT2D eigenvalue weighted by molar-refractivity contribution is 5.96. The Morgan fingerprint density at radius 3 is 2.79 bits per heavy atom. The molecule has 3 atom stereocenters. The van der Waals surface area contributed by atoms with Gasteiger partial charge in [0.2, 0.25) is 5.91 Å². The number of H-pyrrole nitrogens is 1. The van der Waals surface area contributed by atoms with E-state index in [2.05, 4.69) is 29.0 Å². The SMILES string of the molecule is CC(C)[C@@H]1CO[C@@]23CCN(C(=O)c4ccc(-c5ncn[nH]5)cc4)[C@@H]2CC(=O)N13. The number of likely N-dealkylation sites (tertiary alicyclic amines) is 1. The molecule has 1 spiro atoms. The van der Waals surface area contributed by atoms with Crippen LogP contribution in [0.5, 0.6) is 0 Å². The summed E-state index contributed by atoms with van der Waals surface area (Å²) in [5.41, 5.74) is 0.833. The number of nitrogens with zero attached hydrogens (tertiary/aromatic N) is 4. The number of ether oxygens (including phenoxy) is 1. The number of hydrogen-bond donors (Lipinski definition) is 1. The zero-order chi connectivity index (χ0) is 19.5. The minimum Gasteiger partial charge on any atom is -0.351 e. The number of amides is 2. The average Bonchev–Trinajstić information content (AvgIpc) is 3.44. The van der Waals surface area contributed by atoms with Gasteiger partial charge in [-0.15, -0.1) is 0 Å². The van der Waals surface area contributed by atoms with E-state index in [4.69, 9.17) is 4.74 Å². The zero-order valence-electron chi connectivity index (χ0n) is 16.0. The van der Waals surface area contributed by atoms with Crippen LogP contribution < -0.4 is 0 Å². The Bertz CT molecular complexity index is 910. The maximum Gasteiger partial charge on any atom is 0.254 e. The van der Waals surface area contributed by atoms with Gasteiger partial charge < -0.3 is 14.5 Å². The number of rotatable bonds is 3. The second kappa shape index (κ2) is 6.13. The fourth-order valence-corrected chi connectivity index (χ4v) is 4.89. The minimum absolute atomic E-state index is 0.0581. The molecule has 3 aliphatic rings. The number of aromatic amines is 1. The molecule has 3 aliphatic heterocycles. The van der Waals surface area contributed by atoms with E-state index in [1.165, 1.54) is 6.33 Å². The number of benzene rings is 1. The van der Waals surface area contributed by atoms with Crippen molar-refractivity contribution in [2.75, 3.05) is 13.2 Å². The first-order valence-corrected chi connectivity index (χ1v) is 9.74. The Morgan fingerprint density at radius 2 is 2.11 bits per heavy atom. The quantitative estimate of drug-likeness (QED) is 0.873. The van der Waals surface area contributed by atoms with Gasteiger partial charge in [-0.1, -0.05) is 26.0 Å². The van der Waals surface area contributed by atoms with Gasteiger partial charge in [0.05, 0.1) is 25.1 Å². The van der Waals surface area contributed by atoms with Crippen molar-refractivity contribution < 1.29 is 14.3 Å². The van der Waals surface area contributed by atoms with Crippen molar-refractivity contribution in [2.45, 2.75) is 44.5 Å². The molecule has 8 heteroatoms. The molecule has 2 amide bonds. The van der Waals surface area contributed by atoms with Gasteiger partial charge in [0.1, 0.15) is 6.33 Å². The van der Waals surface area contributed by atoms with E-state index in [1.807, 2.05) is 21.9 Å². The molecule has 146 valence electrons. The van der Waals surface area contributed by atoms with E-state index in [0.717, 1.165) is 5.56 Å². The molecule has 0 saturated carbocycles. The highest BCUT2D eigenvalue weighted by Crippen LogP contribution is 2.49. The molecular weight excluding hydrogens is 358 g/mol. The summed E-state index contributed by atoms with van der Waals surface area (Å²) < 4.78 is 6.21. The number of aromatic nitrogens is 3. The lowest BCUT2D eigenvalue weighted by Gasteiger charge is -2.34. The molecule has 8 nitrogen and oxygen atoms in total. The molecule has 2 aromatic rings. The summed E-state index contributed by atoms with van der Waals surface area (Å²) >= 11 is 0. The smallest absolute Gasteiger partial charge is 0.254 e. The predicted molar refractivity (Wildman–Crippen MR) is 100 cm³/mol. The molecule has 1 aromatic heterocycles. The number of hydrogen-bond acceptors (Lipinski definition) is 5. The van der Waals surface area contributed by atoms with Crippen LogP contribution in [0, 0.1) is 5.92 Å². The van der Waals surface area contributed by atoms with Crippen molar-refractivity contribution >= 4 is 11.8 Å². The molecule has 0 bridgehead atoms. The maximum atomic E-state index is 13.2. The fourth-order valence-electron chi connectivity index (χ4n) is 4.89. The third-order valence-corrected chi connectivity index (χ3v) is 6.34. The Morgan fingerprint density at radius 1 is 1.32 bits per heavy atom. The van der Waals surface area contributed by atoms with Crippen LogP contribution in [0.3, 0.4) is 0 Å². The lowest BCUT2D eigenvalue weighted by molar-refractivity contribution is -0.139. The van der Waals surface area contributed by atoms with Gasteiger partial charge in [0.25, 0.3) is 5.91 Å². The first kappa shape index (κ1) is 17.4. The molecule has 3 saturated heterocycles. The van der Waals surface area contributed by atoms with Crippen molar-refractivity contribution in [3.05, 3.63) is 36.2 Å². The predicted octanol–water partition coefficient (Wildman–Crippen LogP) is 1.67. The fraction of sp³-hybridized carbons (Fsp3) is 0.500.